The predicted molar refractivity (Wildman–Crippen MR) is 85.6 cm³/mol. The molecule has 2 heteroatoms. The summed E-state index contributed by atoms with van der Waals surface area (Å²) in [6, 6.07) is 12.2. The first-order valence-corrected chi connectivity index (χ1v) is 6.76. The molecule has 2 nitrogen and oxygen atoms in total. The van der Waals surface area contributed by atoms with Gasteiger partial charge in [0.2, 0.25) is 0 Å². The molecule has 0 bridgehead atoms. The van der Waals surface area contributed by atoms with Crippen LogP contribution in [0.5, 0.6) is 5.75 Å². The molecule has 0 N–H and O–H groups in total. The number of methoxy groups -OCH3 is 1. The molecule has 0 spiro atoms. The highest BCUT2D eigenvalue weighted by Crippen LogP contribution is 2.26. The molecule has 2 aromatic rings. The Labute approximate surface area is 121 Å². The second kappa shape index (κ2) is 7.09. The molecule has 0 aliphatic carbocycles. The molecule has 0 aliphatic heterocycles. The molecule has 0 fully saturated rings. The van der Waals surface area contributed by atoms with Crippen LogP contribution in [0.15, 0.2) is 36.4 Å². The van der Waals surface area contributed by atoms with Crippen molar-refractivity contribution in [3.63, 3.8) is 0 Å². The van der Waals surface area contributed by atoms with Gasteiger partial charge in [0, 0.05) is 12.3 Å². The summed E-state index contributed by atoms with van der Waals surface area (Å²) in [4.78, 5) is 12.0. The van der Waals surface area contributed by atoms with E-state index in [0.29, 0.717) is 12.2 Å². The van der Waals surface area contributed by atoms with Gasteiger partial charge in [-0.05, 0) is 34.9 Å². The fourth-order valence-electron chi connectivity index (χ4n) is 2.29. The first-order valence-electron chi connectivity index (χ1n) is 6.76. The lowest BCUT2D eigenvalue weighted by molar-refractivity contribution is -0.120. The molecule has 0 amide bonds. The molecular weight excluding hydrogens is 248 g/mol. The highest BCUT2D eigenvalue weighted by atomic mass is 16.5. The summed E-state index contributed by atoms with van der Waals surface area (Å²) in [5.74, 6) is 1.15. The summed E-state index contributed by atoms with van der Waals surface area (Å²) in [6.45, 7) is 4.03. The van der Waals surface area contributed by atoms with E-state index in [1.54, 1.807) is 7.11 Å². The summed E-state index contributed by atoms with van der Waals surface area (Å²) in [6.07, 6.45) is 1.57. The van der Waals surface area contributed by atoms with E-state index in [1.807, 2.05) is 38.1 Å². The molecule has 0 saturated carbocycles. The van der Waals surface area contributed by atoms with E-state index >= 15 is 0 Å². The monoisotopic (exact) mass is 272 g/mol. The van der Waals surface area contributed by atoms with E-state index in [2.05, 4.69) is 12.1 Å². The smallest absolute Gasteiger partial charge is 0.140 e. The fourth-order valence-corrected chi connectivity index (χ4v) is 2.29. The van der Waals surface area contributed by atoms with Gasteiger partial charge in [-0.2, -0.15) is 0 Å². The number of ether oxygens (including phenoxy) is 1. The highest BCUT2D eigenvalue weighted by molar-refractivity contribution is 5.89. The standard InChI is InChI=1S/C17H20O2.CH4/c1-4-5-17(18)12(2)13-6-7-15-11-16(19-3)9-8-14(15)10-13;/h6-12H,4-5H2,1-3H3;1H4/t12-;/m0./s1. The molecule has 20 heavy (non-hydrogen) atoms. The third-order valence-electron chi connectivity index (χ3n) is 3.55. The quantitative estimate of drug-likeness (QED) is 0.769. The Morgan fingerprint density at radius 1 is 1.15 bits per heavy atom. The van der Waals surface area contributed by atoms with Gasteiger partial charge < -0.3 is 4.74 Å². The lowest BCUT2D eigenvalue weighted by Gasteiger charge is -2.11. The first-order chi connectivity index (χ1) is 9.15. The number of carbonyl (C=O) groups excluding carboxylic acids is 1. The molecule has 0 unspecified atom stereocenters. The van der Waals surface area contributed by atoms with E-state index in [9.17, 15) is 4.79 Å². The number of ketones is 1. The van der Waals surface area contributed by atoms with Crippen molar-refractivity contribution in [2.45, 2.75) is 40.0 Å². The van der Waals surface area contributed by atoms with E-state index < -0.39 is 0 Å². The van der Waals surface area contributed by atoms with Crippen LogP contribution in [-0.4, -0.2) is 12.9 Å². The van der Waals surface area contributed by atoms with Gasteiger partial charge in [-0.1, -0.05) is 45.5 Å². The van der Waals surface area contributed by atoms with Crippen LogP contribution in [0.25, 0.3) is 10.8 Å². The zero-order valence-corrected chi connectivity index (χ0v) is 11.8. The minimum atomic E-state index is -0.0218. The fraction of sp³-hybridized carbons (Fsp3) is 0.389. The largest absolute Gasteiger partial charge is 0.497 e. The predicted octanol–water partition coefficient (Wildman–Crippen LogP) is 4.96. The molecule has 2 aromatic carbocycles. The Morgan fingerprint density at radius 3 is 2.45 bits per heavy atom. The molecule has 0 aromatic heterocycles. The normalized spacial score (nSPS) is 11.8. The Balaban J connectivity index is 0.00000200. The lowest BCUT2D eigenvalue weighted by Crippen LogP contribution is -2.08. The van der Waals surface area contributed by atoms with Crippen molar-refractivity contribution in [1.29, 1.82) is 0 Å². The van der Waals surface area contributed by atoms with Gasteiger partial charge in [-0.3, -0.25) is 4.79 Å². The Bertz CT molecular complexity index is 587. The maximum atomic E-state index is 12.0. The van der Waals surface area contributed by atoms with Crippen LogP contribution in [0.4, 0.5) is 0 Å². The summed E-state index contributed by atoms with van der Waals surface area (Å²) in [5.41, 5.74) is 1.09. The molecule has 1 atom stereocenters. The molecule has 0 heterocycles. The molecule has 0 aliphatic rings. The van der Waals surface area contributed by atoms with Crippen LogP contribution in [-0.2, 0) is 4.79 Å². The Kier molecular flexibility index (Phi) is 5.75. The van der Waals surface area contributed by atoms with E-state index in [0.717, 1.165) is 28.5 Å². The summed E-state index contributed by atoms with van der Waals surface area (Å²) < 4.78 is 5.22. The maximum absolute atomic E-state index is 12.0. The van der Waals surface area contributed by atoms with Gasteiger partial charge in [0.05, 0.1) is 7.11 Å². The van der Waals surface area contributed by atoms with Crippen molar-refractivity contribution in [3.05, 3.63) is 42.0 Å². The van der Waals surface area contributed by atoms with Crippen molar-refractivity contribution in [3.8, 4) is 5.75 Å². The second-order valence-corrected chi connectivity index (χ2v) is 4.91. The third-order valence-corrected chi connectivity index (χ3v) is 3.55. The van der Waals surface area contributed by atoms with Gasteiger partial charge in [-0.25, -0.2) is 0 Å². The van der Waals surface area contributed by atoms with Crippen molar-refractivity contribution in [1.82, 2.24) is 0 Å². The minimum absolute atomic E-state index is 0. The highest BCUT2D eigenvalue weighted by Gasteiger charge is 2.14. The van der Waals surface area contributed by atoms with Gasteiger partial charge in [0.1, 0.15) is 11.5 Å². The average molecular weight is 272 g/mol. The Hall–Kier alpha value is -1.83. The van der Waals surface area contributed by atoms with Crippen LogP contribution in [0, 0.1) is 0 Å². The molecule has 108 valence electrons. The zero-order valence-electron chi connectivity index (χ0n) is 11.8. The minimum Gasteiger partial charge on any atom is -0.497 e. The second-order valence-electron chi connectivity index (χ2n) is 4.91. The number of hydrogen-bond acceptors (Lipinski definition) is 2. The number of rotatable bonds is 5. The average Bonchev–Trinajstić information content (AvgIpc) is 2.45. The molecule has 0 radical (unpaired) electrons. The van der Waals surface area contributed by atoms with Crippen LogP contribution in [0.2, 0.25) is 0 Å². The van der Waals surface area contributed by atoms with Crippen molar-refractivity contribution in [2.75, 3.05) is 7.11 Å². The van der Waals surface area contributed by atoms with Crippen LogP contribution >= 0.6 is 0 Å². The van der Waals surface area contributed by atoms with Gasteiger partial charge in [0.15, 0.2) is 0 Å². The van der Waals surface area contributed by atoms with Gasteiger partial charge >= 0.3 is 0 Å². The van der Waals surface area contributed by atoms with Crippen LogP contribution in [0.3, 0.4) is 0 Å². The van der Waals surface area contributed by atoms with Gasteiger partial charge in [-0.15, -0.1) is 0 Å². The van der Waals surface area contributed by atoms with Crippen molar-refractivity contribution in [2.24, 2.45) is 0 Å². The zero-order chi connectivity index (χ0) is 13.8. The first kappa shape index (κ1) is 16.2. The number of fused-ring (bicyclic) bond motifs is 1. The van der Waals surface area contributed by atoms with E-state index in [-0.39, 0.29) is 13.3 Å². The number of benzene rings is 2. The summed E-state index contributed by atoms with van der Waals surface area (Å²) >= 11 is 0. The molecular formula is C18H24O2. The number of Topliss-reactive ketones (excluding diaryl/α,β-unsaturated/α-hetero) is 1. The van der Waals surface area contributed by atoms with Crippen LogP contribution < -0.4 is 4.74 Å². The number of hydrogen-bond donors (Lipinski definition) is 0. The Morgan fingerprint density at radius 2 is 1.80 bits per heavy atom. The van der Waals surface area contributed by atoms with Crippen molar-refractivity contribution < 1.29 is 9.53 Å². The summed E-state index contributed by atoms with van der Waals surface area (Å²) in [5, 5.41) is 2.28. The number of carbonyl (C=O) groups is 1. The van der Waals surface area contributed by atoms with Gasteiger partial charge in [0.25, 0.3) is 0 Å². The van der Waals surface area contributed by atoms with Crippen LogP contribution in [0.1, 0.15) is 45.6 Å². The maximum Gasteiger partial charge on any atom is 0.140 e. The topological polar surface area (TPSA) is 26.3 Å². The van der Waals surface area contributed by atoms with E-state index in [1.165, 1.54) is 0 Å². The molecule has 2 rings (SSSR count). The third kappa shape index (κ3) is 3.38. The molecule has 0 saturated heterocycles. The lowest BCUT2D eigenvalue weighted by atomic mass is 9.92. The van der Waals surface area contributed by atoms with E-state index in [4.69, 9.17) is 4.74 Å². The summed E-state index contributed by atoms with van der Waals surface area (Å²) in [7, 11) is 1.67. The van der Waals surface area contributed by atoms with Crippen molar-refractivity contribution >= 4 is 16.6 Å². The SMILES string of the molecule is C.CCCC(=O)[C@@H](C)c1ccc2cc(OC)ccc2c1.